The number of aryl methyl sites for hydroxylation is 2. The third-order valence-electron chi connectivity index (χ3n) is 7.54. The van der Waals surface area contributed by atoms with Gasteiger partial charge in [0.15, 0.2) is 17.7 Å². The second kappa shape index (κ2) is 19.2. The molecule has 0 saturated carbocycles. The number of nitrogens with zero attached hydrogens (tertiary/aromatic N) is 4. The lowest BCUT2D eigenvalue weighted by molar-refractivity contribution is -0.138. The Morgan fingerprint density at radius 2 is 1.49 bits per heavy atom. The van der Waals surface area contributed by atoms with Crippen LogP contribution in [0.5, 0.6) is 0 Å². The molecule has 1 unspecified atom stereocenters. The standard InChI is InChI=1S/C15H22N6O11S3.2C7H8O3S/c1-33(3-2-7(16)15(23)24)4-8-11(31-35(28,29)32-34(25,26)27)10(22)14(30-8)21-6-20-9-12(17)18-5-19-13(9)21;2*1-6-2-4-7(5-3-6)11(8,9)10/h5-8,10-11,14,22H,2-4,16H2,1H3,(H3-,17,18,19,23,24,25,26,27);2*2-5H,1H3,(H,8,9,10)/t7-,8+,10+,11+,14+,33?;;/m0../s1. The largest absolute Gasteiger partial charge is 0.744 e. The van der Waals surface area contributed by atoms with E-state index in [0.717, 1.165) is 17.5 Å². The number of nitrogen functional groups attached to an aromatic ring is 1. The number of carboxylic acid groups (broad SMARTS) is 1. The topological polar surface area (TPSA) is 381 Å². The first-order valence-electron chi connectivity index (χ1n) is 15.7. The van der Waals surface area contributed by atoms with Gasteiger partial charge in [0.1, 0.15) is 57.8 Å². The number of anilines is 1. The quantitative estimate of drug-likeness (QED) is 0.0714. The van der Waals surface area contributed by atoms with E-state index >= 15 is 0 Å². The van der Waals surface area contributed by atoms with Crippen molar-refractivity contribution in [2.24, 2.45) is 5.73 Å². The van der Waals surface area contributed by atoms with E-state index in [1.54, 1.807) is 30.5 Å². The van der Waals surface area contributed by atoms with Crippen LogP contribution in [0.25, 0.3) is 11.2 Å². The fourth-order valence-electron chi connectivity index (χ4n) is 4.75. The molecule has 2 aromatic carbocycles. The highest BCUT2D eigenvalue weighted by molar-refractivity contribution is 7.96. The first-order chi connectivity index (χ1) is 26.2. The second-order valence-electron chi connectivity index (χ2n) is 12.0. The van der Waals surface area contributed by atoms with E-state index in [9.17, 15) is 48.1 Å². The maximum absolute atomic E-state index is 12.0. The molecule has 6 atom stereocenters. The minimum Gasteiger partial charge on any atom is -0.744 e. The number of aromatic nitrogens is 4. The molecule has 0 radical (unpaired) electrons. The van der Waals surface area contributed by atoms with Gasteiger partial charge in [-0.05, 0) is 49.0 Å². The predicted octanol–water partition coefficient (Wildman–Crippen LogP) is -0.693. The van der Waals surface area contributed by atoms with Crippen molar-refractivity contribution in [3.63, 3.8) is 0 Å². The molecule has 0 spiro atoms. The first-order valence-corrected chi connectivity index (χ1v) is 23.2. The van der Waals surface area contributed by atoms with Gasteiger partial charge in [0.2, 0.25) is 0 Å². The van der Waals surface area contributed by atoms with E-state index in [1.165, 1.54) is 35.2 Å². The van der Waals surface area contributed by atoms with Crippen molar-refractivity contribution in [1.82, 2.24) is 19.5 Å². The Bertz CT molecular complexity index is 2380. The van der Waals surface area contributed by atoms with Crippen LogP contribution in [0.2, 0.25) is 0 Å². The van der Waals surface area contributed by atoms with Gasteiger partial charge < -0.3 is 31.0 Å². The lowest BCUT2D eigenvalue weighted by Crippen LogP contribution is -2.41. The summed E-state index contributed by atoms with van der Waals surface area (Å²) in [6, 6.07) is 10.7. The lowest BCUT2D eigenvalue weighted by Gasteiger charge is -2.19. The van der Waals surface area contributed by atoms with Crippen LogP contribution in [0.15, 0.2) is 71.0 Å². The summed E-state index contributed by atoms with van der Waals surface area (Å²) in [6.07, 6.45) is -1.64. The monoisotopic (exact) mass is 902 g/mol. The molecule has 5 rings (SSSR count). The van der Waals surface area contributed by atoms with Crippen molar-refractivity contribution in [2.45, 2.75) is 60.6 Å². The minimum absolute atomic E-state index is 0.0413. The Balaban J connectivity index is 0.000000319. The summed E-state index contributed by atoms with van der Waals surface area (Å²) in [4.78, 5) is 22.6. The summed E-state index contributed by atoms with van der Waals surface area (Å²) in [5, 5.41) is 19.8. The molecule has 1 saturated heterocycles. The Morgan fingerprint density at radius 1 is 0.947 bits per heavy atom. The average Bonchev–Trinajstić information content (AvgIpc) is 3.63. The number of aliphatic carboxylic acids is 1. The Hall–Kier alpha value is -3.91. The van der Waals surface area contributed by atoms with Crippen molar-refractivity contribution < 1.29 is 74.9 Å². The lowest BCUT2D eigenvalue weighted by atomic mass is 10.1. The number of hydrogen-bond donors (Lipinski definition) is 6. The van der Waals surface area contributed by atoms with Crippen molar-refractivity contribution in [2.75, 3.05) is 23.5 Å². The van der Waals surface area contributed by atoms with E-state index < -0.39 is 88.5 Å². The highest BCUT2D eigenvalue weighted by atomic mass is 32.3. The van der Waals surface area contributed by atoms with Crippen LogP contribution in [0.4, 0.5) is 5.82 Å². The summed E-state index contributed by atoms with van der Waals surface area (Å²) in [5.74, 6) is -0.750. The molecular weight excluding hydrogens is 865 g/mol. The number of rotatable bonds is 13. The van der Waals surface area contributed by atoms with Crippen molar-refractivity contribution >= 4 is 74.9 Å². The number of imidazole rings is 1. The number of carbonyl (C=O) groups is 1. The summed E-state index contributed by atoms with van der Waals surface area (Å²) in [5.41, 5.74) is 13.5. The van der Waals surface area contributed by atoms with Gasteiger partial charge in [0.25, 0.3) is 10.1 Å². The van der Waals surface area contributed by atoms with E-state index in [0.29, 0.717) is 5.75 Å². The van der Waals surface area contributed by atoms with Crippen LogP contribution in [0.3, 0.4) is 0 Å². The summed E-state index contributed by atoms with van der Waals surface area (Å²) >= 11 is 0. The van der Waals surface area contributed by atoms with Gasteiger partial charge in [-0.25, -0.2) is 27.6 Å². The van der Waals surface area contributed by atoms with E-state index in [-0.39, 0.29) is 38.9 Å². The third-order valence-corrected chi connectivity index (χ3v) is 12.9. The van der Waals surface area contributed by atoms with Crippen LogP contribution in [0.1, 0.15) is 23.8 Å². The van der Waals surface area contributed by atoms with Gasteiger partial charge in [-0.2, -0.15) is 25.3 Å². The number of carboxylic acids is 1. The Kier molecular flexibility index (Phi) is 16.0. The second-order valence-corrected chi connectivity index (χ2v) is 19.6. The smallest absolute Gasteiger partial charge is 0.416 e. The zero-order valence-electron chi connectivity index (χ0n) is 29.9. The molecule has 8 N–H and O–H groups in total. The van der Waals surface area contributed by atoms with E-state index in [4.69, 9.17) is 34.6 Å². The number of ether oxygens (including phenoxy) is 1. The molecule has 2 aromatic heterocycles. The zero-order valence-corrected chi connectivity index (χ0v) is 33.9. The van der Waals surface area contributed by atoms with Crippen LogP contribution >= 0.6 is 0 Å². The fourth-order valence-corrected chi connectivity index (χ4v) is 8.83. The fraction of sp³-hybridized carbons (Fsp3) is 0.379. The highest BCUT2D eigenvalue weighted by Crippen LogP contribution is 2.35. The van der Waals surface area contributed by atoms with Gasteiger partial charge in [-0.3, -0.25) is 18.5 Å². The molecule has 1 aliphatic heterocycles. The number of fused-ring (bicyclic) bond motifs is 1. The average molecular weight is 903 g/mol. The molecule has 57 heavy (non-hydrogen) atoms. The molecule has 4 aromatic rings. The molecule has 28 heteroatoms. The van der Waals surface area contributed by atoms with Crippen LogP contribution in [0, 0.1) is 13.8 Å². The maximum atomic E-state index is 12.0. The molecule has 3 heterocycles. The van der Waals surface area contributed by atoms with Crippen LogP contribution < -0.4 is 11.5 Å². The van der Waals surface area contributed by atoms with Crippen molar-refractivity contribution in [3.8, 4) is 0 Å². The number of aliphatic hydroxyl groups excluding tert-OH is 1. The van der Waals surface area contributed by atoms with Crippen molar-refractivity contribution in [3.05, 3.63) is 72.3 Å². The Labute approximate surface area is 330 Å². The first kappa shape index (κ1) is 47.5. The predicted molar refractivity (Wildman–Crippen MR) is 199 cm³/mol. The summed E-state index contributed by atoms with van der Waals surface area (Å²) < 4.78 is 131. The van der Waals surface area contributed by atoms with Crippen LogP contribution in [-0.2, 0) is 69.3 Å². The molecule has 23 nitrogen and oxygen atoms in total. The van der Waals surface area contributed by atoms with Crippen molar-refractivity contribution in [1.29, 1.82) is 0 Å². The molecule has 0 bridgehead atoms. The van der Waals surface area contributed by atoms with E-state index in [2.05, 4.69) is 18.6 Å². The summed E-state index contributed by atoms with van der Waals surface area (Å²) in [7, 11) is -19.7. The molecular formula is C29H38N6O17S5. The number of hydrogen-bond acceptors (Lipinski definition) is 19. The molecule has 1 fully saturated rings. The number of nitrogens with two attached hydrogens (primary N) is 2. The normalized spacial score (nSPS) is 19.8. The van der Waals surface area contributed by atoms with Gasteiger partial charge in [-0.1, -0.05) is 35.4 Å². The molecule has 1 aliphatic rings. The molecule has 316 valence electrons. The van der Waals surface area contributed by atoms with Gasteiger partial charge in [0.05, 0.1) is 22.4 Å². The van der Waals surface area contributed by atoms with Gasteiger partial charge >= 0.3 is 26.8 Å². The third kappa shape index (κ3) is 14.5. The summed E-state index contributed by atoms with van der Waals surface area (Å²) in [6.45, 7) is 3.66. The zero-order chi connectivity index (χ0) is 43.1. The van der Waals surface area contributed by atoms with E-state index in [1.807, 2.05) is 13.8 Å². The van der Waals surface area contributed by atoms with Gasteiger partial charge in [-0.15, -0.1) is 3.63 Å². The maximum Gasteiger partial charge on any atom is 0.416 e. The number of benzene rings is 2. The van der Waals surface area contributed by atoms with Gasteiger partial charge in [0, 0.05) is 6.42 Å². The number of aliphatic hydroxyl groups is 1. The van der Waals surface area contributed by atoms with Crippen LogP contribution in [-0.4, -0.2) is 125 Å². The minimum atomic E-state index is -5.45. The SMILES string of the molecule is C[S+](CC[C@H](N)C(=O)O)C[C@H]1O[C@@H](n2cnc3c(N)ncnc32)[C@H](O)[C@@H]1OS(=O)(=O)OS(=O)(=O)O.Cc1ccc(S(=O)(=O)O)cc1.Cc1ccc(S(=O)(=O)[O-])cc1. The molecule has 0 aliphatic carbocycles. The highest BCUT2D eigenvalue weighted by Gasteiger charge is 2.51. The Morgan fingerprint density at radius 3 is 1.98 bits per heavy atom. The molecule has 0 amide bonds.